The van der Waals surface area contributed by atoms with Crippen LogP contribution in [0.25, 0.3) is 0 Å². The zero-order chi connectivity index (χ0) is 11.2. The molecule has 88 valence electrons. The minimum atomic E-state index is -0.0886. The second-order valence-electron chi connectivity index (χ2n) is 4.28. The van der Waals surface area contributed by atoms with Gasteiger partial charge in [-0.25, -0.2) is 4.39 Å². The molecule has 0 aliphatic carbocycles. The van der Waals surface area contributed by atoms with E-state index in [4.69, 9.17) is 0 Å². The first kappa shape index (κ1) is 11.9. The number of benzene rings is 1. The lowest BCUT2D eigenvalue weighted by molar-refractivity contribution is 0.371. The summed E-state index contributed by atoms with van der Waals surface area (Å²) in [6.07, 6.45) is 3.80. The van der Waals surface area contributed by atoms with Crippen molar-refractivity contribution in [3.05, 3.63) is 30.1 Å². The average molecular weight is 239 g/mol. The number of halogens is 1. The lowest BCUT2D eigenvalue weighted by Crippen LogP contribution is -2.29. The van der Waals surface area contributed by atoms with E-state index in [1.807, 2.05) is 12.1 Å². The van der Waals surface area contributed by atoms with Gasteiger partial charge in [-0.1, -0.05) is 12.1 Å². The molecule has 1 aromatic rings. The van der Waals surface area contributed by atoms with Crippen molar-refractivity contribution in [3.8, 4) is 0 Å². The predicted octanol–water partition coefficient (Wildman–Crippen LogP) is 3.31. The maximum atomic E-state index is 13.3. The maximum absolute atomic E-state index is 13.3. The molecule has 0 spiro atoms. The van der Waals surface area contributed by atoms with E-state index < -0.39 is 0 Å². The Kier molecular flexibility index (Phi) is 4.67. The molecule has 1 aromatic carbocycles. The van der Waals surface area contributed by atoms with Crippen LogP contribution in [0.3, 0.4) is 0 Å². The Morgan fingerprint density at radius 1 is 1.38 bits per heavy atom. The molecule has 0 bridgehead atoms. The van der Waals surface area contributed by atoms with E-state index in [1.54, 1.807) is 17.8 Å². The van der Waals surface area contributed by atoms with Crippen LogP contribution in [0.2, 0.25) is 0 Å². The van der Waals surface area contributed by atoms with Crippen molar-refractivity contribution in [1.82, 2.24) is 5.32 Å². The molecule has 3 heteroatoms. The fraction of sp³-hybridized carbons (Fsp3) is 0.538. The van der Waals surface area contributed by atoms with E-state index in [2.05, 4.69) is 5.32 Å². The Labute approximate surface area is 101 Å². The van der Waals surface area contributed by atoms with E-state index in [1.165, 1.54) is 25.3 Å². The highest BCUT2D eigenvalue weighted by atomic mass is 32.2. The van der Waals surface area contributed by atoms with Crippen molar-refractivity contribution in [2.24, 2.45) is 5.92 Å². The lowest BCUT2D eigenvalue weighted by atomic mass is 9.97. The fourth-order valence-corrected chi connectivity index (χ4v) is 3.12. The molecule has 0 saturated carbocycles. The Morgan fingerprint density at radius 2 is 2.25 bits per heavy atom. The minimum absolute atomic E-state index is 0.0886. The van der Waals surface area contributed by atoms with E-state index in [-0.39, 0.29) is 5.82 Å². The van der Waals surface area contributed by atoms with Gasteiger partial charge in [-0.3, -0.25) is 0 Å². The molecule has 1 nitrogen and oxygen atoms in total. The van der Waals surface area contributed by atoms with Gasteiger partial charge in [-0.15, -0.1) is 11.8 Å². The SMILES string of the molecule is Fc1ccccc1SCCC1CCCNC1. The Bertz CT molecular complexity index is 323. The zero-order valence-electron chi connectivity index (χ0n) is 9.42. The standard InChI is InChI=1S/C13H18FNS/c14-12-5-1-2-6-13(12)16-9-7-11-4-3-8-15-10-11/h1-2,5-6,11,15H,3-4,7-10H2. The Hall–Kier alpha value is -0.540. The average Bonchev–Trinajstić information content (AvgIpc) is 2.33. The summed E-state index contributed by atoms with van der Waals surface area (Å²) < 4.78 is 13.3. The molecule has 1 fully saturated rings. The Balaban J connectivity index is 1.73. The number of rotatable bonds is 4. The quantitative estimate of drug-likeness (QED) is 0.809. The van der Waals surface area contributed by atoms with E-state index >= 15 is 0 Å². The largest absolute Gasteiger partial charge is 0.316 e. The third-order valence-electron chi connectivity index (χ3n) is 3.02. The minimum Gasteiger partial charge on any atom is -0.316 e. The molecule has 1 aliphatic rings. The van der Waals surface area contributed by atoms with Crippen LogP contribution in [0.4, 0.5) is 4.39 Å². The van der Waals surface area contributed by atoms with E-state index in [0.29, 0.717) is 0 Å². The predicted molar refractivity (Wildman–Crippen MR) is 67.3 cm³/mol. The van der Waals surface area contributed by atoms with Crippen LogP contribution >= 0.6 is 11.8 Å². The number of hydrogen-bond donors (Lipinski definition) is 1. The van der Waals surface area contributed by atoms with Crippen LogP contribution in [-0.2, 0) is 0 Å². The third-order valence-corrected chi connectivity index (χ3v) is 4.10. The maximum Gasteiger partial charge on any atom is 0.136 e. The second kappa shape index (κ2) is 6.26. The molecule has 0 radical (unpaired) electrons. The number of hydrogen-bond acceptors (Lipinski definition) is 2. The molecule has 1 N–H and O–H groups in total. The van der Waals surface area contributed by atoms with Gasteiger partial charge in [0.25, 0.3) is 0 Å². The summed E-state index contributed by atoms with van der Waals surface area (Å²) >= 11 is 1.64. The molecule has 0 aromatic heterocycles. The van der Waals surface area contributed by atoms with Crippen molar-refractivity contribution in [1.29, 1.82) is 0 Å². The van der Waals surface area contributed by atoms with Crippen LogP contribution in [-0.4, -0.2) is 18.8 Å². The van der Waals surface area contributed by atoms with Crippen LogP contribution < -0.4 is 5.32 Å². The van der Waals surface area contributed by atoms with Crippen molar-refractivity contribution in [3.63, 3.8) is 0 Å². The first-order valence-corrected chi connectivity index (χ1v) is 6.93. The highest BCUT2D eigenvalue weighted by Crippen LogP contribution is 2.24. The smallest absolute Gasteiger partial charge is 0.136 e. The number of thioether (sulfide) groups is 1. The first-order chi connectivity index (χ1) is 7.86. The van der Waals surface area contributed by atoms with Gasteiger partial charge in [0.1, 0.15) is 5.82 Å². The third kappa shape index (κ3) is 3.49. The topological polar surface area (TPSA) is 12.0 Å². The summed E-state index contributed by atoms with van der Waals surface area (Å²) in [4.78, 5) is 0.784. The van der Waals surface area contributed by atoms with Gasteiger partial charge in [-0.05, 0) is 56.2 Å². The van der Waals surface area contributed by atoms with Gasteiger partial charge in [0, 0.05) is 4.90 Å². The monoisotopic (exact) mass is 239 g/mol. The Morgan fingerprint density at radius 3 is 3.00 bits per heavy atom. The second-order valence-corrected chi connectivity index (χ2v) is 5.42. The molecular weight excluding hydrogens is 221 g/mol. The van der Waals surface area contributed by atoms with Gasteiger partial charge in [0.15, 0.2) is 0 Å². The molecule has 1 aliphatic heterocycles. The normalized spacial score (nSPS) is 20.9. The van der Waals surface area contributed by atoms with Crippen LogP contribution in [0.1, 0.15) is 19.3 Å². The summed E-state index contributed by atoms with van der Waals surface area (Å²) in [5, 5.41) is 3.41. The summed E-state index contributed by atoms with van der Waals surface area (Å²) in [6, 6.07) is 7.03. The van der Waals surface area contributed by atoms with Gasteiger partial charge >= 0.3 is 0 Å². The van der Waals surface area contributed by atoms with Gasteiger partial charge in [-0.2, -0.15) is 0 Å². The van der Waals surface area contributed by atoms with E-state index in [9.17, 15) is 4.39 Å². The van der Waals surface area contributed by atoms with Crippen LogP contribution in [0.15, 0.2) is 29.2 Å². The summed E-state index contributed by atoms with van der Waals surface area (Å²) in [5.41, 5.74) is 0. The highest BCUT2D eigenvalue weighted by molar-refractivity contribution is 7.99. The molecule has 1 saturated heterocycles. The van der Waals surface area contributed by atoms with Gasteiger partial charge in [0.05, 0.1) is 0 Å². The fourth-order valence-electron chi connectivity index (χ4n) is 2.07. The number of nitrogens with one attached hydrogen (secondary N) is 1. The summed E-state index contributed by atoms with van der Waals surface area (Å²) in [6.45, 7) is 2.30. The first-order valence-electron chi connectivity index (χ1n) is 5.94. The van der Waals surface area contributed by atoms with Crippen molar-refractivity contribution in [2.75, 3.05) is 18.8 Å². The molecule has 1 unspecified atom stereocenters. The van der Waals surface area contributed by atoms with Crippen molar-refractivity contribution < 1.29 is 4.39 Å². The van der Waals surface area contributed by atoms with Gasteiger partial charge in [0.2, 0.25) is 0 Å². The summed E-state index contributed by atoms with van der Waals surface area (Å²) in [7, 11) is 0. The molecule has 0 amide bonds. The number of piperidine rings is 1. The van der Waals surface area contributed by atoms with Crippen LogP contribution in [0.5, 0.6) is 0 Å². The zero-order valence-corrected chi connectivity index (χ0v) is 10.2. The van der Waals surface area contributed by atoms with Crippen molar-refractivity contribution >= 4 is 11.8 Å². The molecule has 1 heterocycles. The molecule has 16 heavy (non-hydrogen) atoms. The van der Waals surface area contributed by atoms with Crippen LogP contribution in [0, 0.1) is 11.7 Å². The van der Waals surface area contributed by atoms with E-state index in [0.717, 1.165) is 29.7 Å². The summed E-state index contributed by atoms with van der Waals surface area (Å²) in [5.74, 6) is 1.72. The molecule has 1 atom stereocenters. The molecular formula is C13H18FNS. The molecule has 2 rings (SSSR count). The van der Waals surface area contributed by atoms with Crippen molar-refractivity contribution in [2.45, 2.75) is 24.2 Å². The van der Waals surface area contributed by atoms with Gasteiger partial charge < -0.3 is 5.32 Å². The highest BCUT2D eigenvalue weighted by Gasteiger charge is 2.12. The lowest BCUT2D eigenvalue weighted by Gasteiger charge is -2.22.